The zero-order chi connectivity index (χ0) is 10.3. The van der Waals surface area contributed by atoms with Crippen LogP contribution in [0.25, 0.3) is 0 Å². The highest BCUT2D eigenvalue weighted by atomic mass is 16.3. The minimum atomic E-state index is -0.972. The van der Waals surface area contributed by atoms with E-state index in [1.54, 1.807) is 6.92 Å². The SMILES string of the molecule is C=CCC1CC(O)C(C)(O)C1(C)C. The van der Waals surface area contributed by atoms with Crippen molar-refractivity contribution in [3.63, 3.8) is 0 Å². The number of hydrogen-bond donors (Lipinski definition) is 2. The van der Waals surface area contributed by atoms with Crippen LogP contribution in [0, 0.1) is 11.3 Å². The van der Waals surface area contributed by atoms with Crippen molar-refractivity contribution in [1.82, 2.24) is 0 Å². The van der Waals surface area contributed by atoms with Crippen molar-refractivity contribution >= 4 is 0 Å². The maximum atomic E-state index is 10.1. The average Bonchev–Trinajstić information content (AvgIpc) is 2.14. The van der Waals surface area contributed by atoms with Gasteiger partial charge in [0.2, 0.25) is 0 Å². The van der Waals surface area contributed by atoms with E-state index < -0.39 is 11.7 Å². The van der Waals surface area contributed by atoms with Crippen LogP contribution in [0.4, 0.5) is 0 Å². The lowest BCUT2D eigenvalue weighted by atomic mass is 9.72. The fraction of sp³-hybridized carbons (Fsp3) is 0.818. The summed E-state index contributed by atoms with van der Waals surface area (Å²) in [6.45, 7) is 9.44. The summed E-state index contributed by atoms with van der Waals surface area (Å²) in [5, 5.41) is 19.8. The Morgan fingerprint density at radius 3 is 2.31 bits per heavy atom. The lowest BCUT2D eigenvalue weighted by molar-refractivity contribution is -0.102. The molecule has 1 saturated carbocycles. The van der Waals surface area contributed by atoms with Crippen molar-refractivity contribution in [2.45, 2.75) is 45.3 Å². The van der Waals surface area contributed by atoms with Gasteiger partial charge in [-0.25, -0.2) is 0 Å². The van der Waals surface area contributed by atoms with Crippen molar-refractivity contribution in [3.8, 4) is 0 Å². The van der Waals surface area contributed by atoms with E-state index in [4.69, 9.17) is 0 Å². The van der Waals surface area contributed by atoms with Gasteiger partial charge in [0.15, 0.2) is 0 Å². The van der Waals surface area contributed by atoms with Crippen LogP contribution < -0.4 is 0 Å². The van der Waals surface area contributed by atoms with Gasteiger partial charge in [0.1, 0.15) is 0 Å². The fourth-order valence-corrected chi connectivity index (χ4v) is 2.23. The molecule has 0 radical (unpaired) electrons. The van der Waals surface area contributed by atoms with Crippen molar-refractivity contribution in [2.75, 3.05) is 0 Å². The molecule has 1 rings (SSSR count). The molecule has 0 aromatic heterocycles. The van der Waals surface area contributed by atoms with E-state index >= 15 is 0 Å². The second-order valence-corrected chi connectivity index (χ2v) is 4.84. The standard InChI is InChI=1S/C11H20O2/c1-5-6-8-7-9(12)11(4,13)10(8,2)3/h5,8-9,12-13H,1,6-7H2,2-4H3. The summed E-state index contributed by atoms with van der Waals surface area (Å²) in [5.41, 5.74) is -1.21. The number of aliphatic hydroxyl groups excluding tert-OH is 1. The van der Waals surface area contributed by atoms with Crippen LogP contribution in [0.2, 0.25) is 0 Å². The molecule has 13 heavy (non-hydrogen) atoms. The van der Waals surface area contributed by atoms with Crippen molar-refractivity contribution in [2.24, 2.45) is 11.3 Å². The molecular weight excluding hydrogens is 164 g/mol. The van der Waals surface area contributed by atoms with E-state index in [-0.39, 0.29) is 5.41 Å². The van der Waals surface area contributed by atoms with Crippen LogP contribution in [0.3, 0.4) is 0 Å². The largest absolute Gasteiger partial charge is 0.390 e. The van der Waals surface area contributed by atoms with Gasteiger partial charge in [0, 0.05) is 0 Å². The van der Waals surface area contributed by atoms with Crippen LogP contribution in [-0.2, 0) is 0 Å². The Hall–Kier alpha value is -0.340. The summed E-state index contributed by atoms with van der Waals surface area (Å²) in [4.78, 5) is 0. The van der Waals surface area contributed by atoms with Gasteiger partial charge in [0.25, 0.3) is 0 Å². The van der Waals surface area contributed by atoms with E-state index in [0.717, 1.165) is 6.42 Å². The molecule has 2 N–H and O–H groups in total. The molecule has 1 fully saturated rings. The Kier molecular flexibility index (Phi) is 2.56. The summed E-state index contributed by atoms with van der Waals surface area (Å²) in [5.74, 6) is 0.329. The summed E-state index contributed by atoms with van der Waals surface area (Å²) in [6, 6.07) is 0. The van der Waals surface area contributed by atoms with Crippen molar-refractivity contribution in [3.05, 3.63) is 12.7 Å². The molecule has 2 nitrogen and oxygen atoms in total. The molecule has 0 amide bonds. The smallest absolute Gasteiger partial charge is 0.0930 e. The third kappa shape index (κ3) is 1.42. The quantitative estimate of drug-likeness (QED) is 0.641. The first-order chi connectivity index (χ1) is 5.84. The van der Waals surface area contributed by atoms with E-state index in [2.05, 4.69) is 6.58 Å². The van der Waals surface area contributed by atoms with Crippen LogP contribution in [0.15, 0.2) is 12.7 Å². The summed E-state index contributed by atoms with van der Waals surface area (Å²) >= 11 is 0. The third-order valence-electron chi connectivity index (χ3n) is 3.93. The van der Waals surface area contributed by atoms with Crippen LogP contribution in [0.1, 0.15) is 33.6 Å². The Balaban J connectivity index is 2.89. The maximum absolute atomic E-state index is 10.1. The molecule has 3 unspecified atom stereocenters. The molecule has 1 aliphatic rings. The van der Waals surface area contributed by atoms with Crippen LogP contribution >= 0.6 is 0 Å². The molecule has 0 aromatic carbocycles. The van der Waals surface area contributed by atoms with Gasteiger partial charge >= 0.3 is 0 Å². The second kappa shape index (κ2) is 3.10. The molecule has 0 aliphatic heterocycles. The predicted octanol–water partition coefficient (Wildman–Crippen LogP) is 1.72. The van der Waals surface area contributed by atoms with Crippen LogP contribution in [-0.4, -0.2) is 21.9 Å². The Labute approximate surface area is 80.3 Å². The Morgan fingerprint density at radius 1 is 1.46 bits per heavy atom. The van der Waals surface area contributed by atoms with Crippen molar-refractivity contribution in [1.29, 1.82) is 0 Å². The highest BCUT2D eigenvalue weighted by Crippen LogP contribution is 2.51. The van der Waals surface area contributed by atoms with Gasteiger partial charge in [-0.15, -0.1) is 6.58 Å². The fourth-order valence-electron chi connectivity index (χ4n) is 2.23. The zero-order valence-corrected chi connectivity index (χ0v) is 8.75. The normalized spacial score (nSPS) is 43.5. The van der Waals surface area contributed by atoms with E-state index in [1.807, 2.05) is 19.9 Å². The molecule has 0 saturated heterocycles. The van der Waals surface area contributed by atoms with Crippen molar-refractivity contribution < 1.29 is 10.2 Å². The minimum absolute atomic E-state index is 0.236. The maximum Gasteiger partial charge on any atom is 0.0930 e. The van der Waals surface area contributed by atoms with Gasteiger partial charge in [-0.1, -0.05) is 19.9 Å². The third-order valence-corrected chi connectivity index (χ3v) is 3.93. The molecule has 0 aromatic rings. The average molecular weight is 184 g/mol. The zero-order valence-electron chi connectivity index (χ0n) is 8.75. The molecule has 0 heterocycles. The molecule has 2 heteroatoms. The molecule has 0 spiro atoms. The van der Waals surface area contributed by atoms with Gasteiger partial charge in [-0.3, -0.25) is 0 Å². The molecule has 76 valence electrons. The van der Waals surface area contributed by atoms with E-state index in [9.17, 15) is 10.2 Å². The Bertz CT molecular complexity index is 206. The topological polar surface area (TPSA) is 40.5 Å². The molecule has 0 bridgehead atoms. The number of rotatable bonds is 2. The highest BCUT2D eigenvalue weighted by molar-refractivity contribution is 5.07. The lowest BCUT2D eigenvalue weighted by Crippen LogP contribution is -2.46. The van der Waals surface area contributed by atoms with Gasteiger partial charge in [0.05, 0.1) is 11.7 Å². The first kappa shape index (κ1) is 10.7. The Morgan fingerprint density at radius 2 is 2.00 bits per heavy atom. The number of allylic oxidation sites excluding steroid dienone is 1. The first-order valence-electron chi connectivity index (χ1n) is 4.85. The van der Waals surface area contributed by atoms with Gasteiger partial charge < -0.3 is 10.2 Å². The van der Waals surface area contributed by atoms with Crippen LogP contribution in [0.5, 0.6) is 0 Å². The van der Waals surface area contributed by atoms with Gasteiger partial charge in [-0.05, 0) is 31.1 Å². The lowest BCUT2D eigenvalue weighted by Gasteiger charge is -2.38. The number of aliphatic hydroxyl groups is 2. The molecular formula is C11H20O2. The van der Waals surface area contributed by atoms with Gasteiger partial charge in [-0.2, -0.15) is 0 Å². The first-order valence-corrected chi connectivity index (χ1v) is 4.85. The monoisotopic (exact) mass is 184 g/mol. The predicted molar refractivity (Wildman–Crippen MR) is 53.3 cm³/mol. The summed E-state index contributed by atoms with van der Waals surface area (Å²) < 4.78 is 0. The summed E-state index contributed by atoms with van der Waals surface area (Å²) in [6.07, 6.45) is 2.79. The molecule has 1 aliphatic carbocycles. The van der Waals surface area contributed by atoms with E-state index in [0.29, 0.717) is 12.3 Å². The summed E-state index contributed by atoms with van der Waals surface area (Å²) in [7, 11) is 0. The molecule has 3 atom stereocenters. The second-order valence-electron chi connectivity index (χ2n) is 4.84. The van der Waals surface area contributed by atoms with E-state index in [1.165, 1.54) is 0 Å². The highest BCUT2D eigenvalue weighted by Gasteiger charge is 2.55. The number of hydrogen-bond acceptors (Lipinski definition) is 2. The minimum Gasteiger partial charge on any atom is -0.390 e.